The molecule has 0 spiro atoms. The molecule has 0 fully saturated rings. The van der Waals surface area contributed by atoms with Gasteiger partial charge in [0.2, 0.25) is 0 Å². The molecule has 0 aliphatic carbocycles. The Balaban J connectivity index is 1.71. The van der Waals surface area contributed by atoms with Crippen LogP contribution in [0.1, 0.15) is 52.2 Å². The summed E-state index contributed by atoms with van der Waals surface area (Å²) in [5, 5.41) is 3.15. The number of hydrogen-bond donors (Lipinski definition) is 1. The largest absolute Gasteiger partial charge is 0.459 e. The Kier molecular flexibility index (Phi) is 10.7. The molecule has 0 unspecified atom stereocenters. The second-order valence-corrected chi connectivity index (χ2v) is 9.54. The van der Waals surface area contributed by atoms with Crippen molar-refractivity contribution in [2.45, 2.75) is 59.2 Å². The molecular weight excluding hydrogens is 430 g/mol. The van der Waals surface area contributed by atoms with Gasteiger partial charge in [-0.25, -0.2) is 9.78 Å². The number of aromatic nitrogens is 2. The normalized spacial score (nSPS) is 13.0. The van der Waals surface area contributed by atoms with Crippen LogP contribution in [0.15, 0.2) is 61.2 Å². The highest BCUT2D eigenvalue weighted by molar-refractivity contribution is 5.82. The van der Waals surface area contributed by atoms with Crippen molar-refractivity contribution < 1.29 is 19.1 Å². The minimum atomic E-state index is -0.538. The number of hydrogen-bond acceptors (Lipinski definition) is 6. The Labute approximate surface area is 202 Å². The summed E-state index contributed by atoms with van der Waals surface area (Å²) < 4.78 is 12.7. The number of nitrogens with zero attached hydrogens (tertiary/aromatic N) is 2. The Morgan fingerprint density at radius 2 is 1.88 bits per heavy atom. The summed E-state index contributed by atoms with van der Waals surface area (Å²) in [6.07, 6.45) is 12.9. The van der Waals surface area contributed by atoms with Gasteiger partial charge in [-0.15, -0.1) is 0 Å². The fourth-order valence-electron chi connectivity index (χ4n) is 3.16. The molecule has 0 radical (unpaired) electrons. The van der Waals surface area contributed by atoms with Gasteiger partial charge in [-0.3, -0.25) is 4.79 Å². The molecule has 7 nitrogen and oxygen atoms in total. The lowest BCUT2D eigenvalue weighted by atomic mass is 10.0. The number of rotatable bonds is 12. The van der Waals surface area contributed by atoms with E-state index in [9.17, 15) is 9.59 Å². The van der Waals surface area contributed by atoms with Crippen molar-refractivity contribution in [3.63, 3.8) is 0 Å². The van der Waals surface area contributed by atoms with Gasteiger partial charge in [-0.2, -0.15) is 0 Å². The molecule has 1 aromatic carbocycles. The van der Waals surface area contributed by atoms with Gasteiger partial charge in [0.15, 0.2) is 0 Å². The van der Waals surface area contributed by atoms with Crippen molar-refractivity contribution >= 4 is 18.0 Å². The van der Waals surface area contributed by atoms with Crippen LogP contribution in [0.4, 0.5) is 0 Å². The highest BCUT2D eigenvalue weighted by Gasteiger charge is 2.25. The van der Waals surface area contributed by atoms with E-state index in [-0.39, 0.29) is 12.6 Å². The summed E-state index contributed by atoms with van der Waals surface area (Å²) in [5.41, 5.74) is 1.68. The van der Waals surface area contributed by atoms with Crippen molar-refractivity contribution in [1.82, 2.24) is 14.9 Å². The van der Waals surface area contributed by atoms with Gasteiger partial charge < -0.3 is 19.4 Å². The summed E-state index contributed by atoms with van der Waals surface area (Å²) in [7, 11) is 0. The van der Waals surface area contributed by atoms with Gasteiger partial charge >= 0.3 is 11.9 Å². The number of ether oxygens (including phenoxy) is 2. The van der Waals surface area contributed by atoms with Crippen LogP contribution in [0.3, 0.4) is 0 Å². The highest BCUT2D eigenvalue weighted by Crippen LogP contribution is 2.13. The number of carbonyl (C=O) groups excluding carboxylic acids is 2. The minimum absolute atomic E-state index is 0.182. The van der Waals surface area contributed by atoms with E-state index >= 15 is 0 Å². The minimum Gasteiger partial charge on any atom is -0.459 e. The lowest BCUT2D eigenvalue weighted by Crippen LogP contribution is -2.42. The molecule has 184 valence electrons. The average molecular weight is 468 g/mol. The topological polar surface area (TPSA) is 82.5 Å². The molecule has 2 rings (SSSR count). The smallest absolute Gasteiger partial charge is 0.330 e. The first-order valence-corrected chi connectivity index (χ1v) is 11.6. The molecule has 34 heavy (non-hydrogen) atoms. The SMILES string of the molecule is CC(C)C[C@H](NCC=CC(=O)OCC=Cc1ccc(Cn2ccnc2)cc1)C(=O)OC(C)(C)C. The molecule has 1 N–H and O–H groups in total. The van der Waals surface area contributed by atoms with E-state index in [0.717, 1.165) is 12.1 Å². The summed E-state index contributed by atoms with van der Waals surface area (Å²) in [6, 6.07) is 7.74. The van der Waals surface area contributed by atoms with Gasteiger partial charge in [0.25, 0.3) is 0 Å². The summed E-state index contributed by atoms with van der Waals surface area (Å²) in [4.78, 5) is 28.4. The molecule has 0 aliphatic rings. The van der Waals surface area contributed by atoms with E-state index in [2.05, 4.69) is 36.3 Å². The Bertz CT molecular complexity index is 939. The Morgan fingerprint density at radius 1 is 1.15 bits per heavy atom. The van der Waals surface area contributed by atoms with E-state index in [1.54, 1.807) is 24.7 Å². The Morgan fingerprint density at radius 3 is 2.50 bits per heavy atom. The molecule has 0 amide bonds. The average Bonchev–Trinajstić information content (AvgIpc) is 3.26. The van der Waals surface area contributed by atoms with Crippen LogP contribution in [0.2, 0.25) is 0 Å². The molecular formula is C27H37N3O4. The first kappa shape index (κ1) is 27.1. The van der Waals surface area contributed by atoms with Crippen LogP contribution in [0.25, 0.3) is 6.08 Å². The van der Waals surface area contributed by atoms with E-state index in [1.165, 1.54) is 11.6 Å². The molecule has 1 heterocycles. The zero-order valence-corrected chi connectivity index (χ0v) is 20.9. The van der Waals surface area contributed by atoms with Gasteiger partial charge in [0.1, 0.15) is 18.2 Å². The van der Waals surface area contributed by atoms with E-state index < -0.39 is 17.6 Å². The maximum absolute atomic E-state index is 12.4. The standard InChI is InChI=1S/C27H37N3O4/c1-21(2)18-24(26(32)34-27(3,4)5)29-14-6-9-25(31)33-17-7-8-22-10-12-23(13-11-22)19-30-16-15-28-20-30/h6-13,15-16,20-21,24,29H,14,17-19H2,1-5H3/t24-/m0/s1. The monoisotopic (exact) mass is 467 g/mol. The predicted molar refractivity (Wildman–Crippen MR) is 134 cm³/mol. The number of carbonyl (C=O) groups is 2. The third-order valence-corrected chi connectivity index (χ3v) is 4.67. The summed E-state index contributed by atoms with van der Waals surface area (Å²) in [5.74, 6) is -0.379. The highest BCUT2D eigenvalue weighted by atomic mass is 16.6. The van der Waals surface area contributed by atoms with Crippen LogP contribution < -0.4 is 5.32 Å². The van der Waals surface area contributed by atoms with Crippen molar-refractivity contribution in [2.75, 3.05) is 13.2 Å². The molecule has 0 bridgehead atoms. The van der Waals surface area contributed by atoms with Crippen LogP contribution in [0, 0.1) is 5.92 Å². The zero-order chi connectivity index (χ0) is 25.0. The number of benzene rings is 1. The first-order chi connectivity index (χ1) is 16.1. The molecule has 7 heteroatoms. The third-order valence-electron chi connectivity index (χ3n) is 4.67. The van der Waals surface area contributed by atoms with Crippen LogP contribution >= 0.6 is 0 Å². The third kappa shape index (κ3) is 11.1. The van der Waals surface area contributed by atoms with Gasteiger partial charge in [0, 0.05) is 31.6 Å². The maximum Gasteiger partial charge on any atom is 0.330 e. The van der Waals surface area contributed by atoms with Crippen molar-refractivity contribution in [3.8, 4) is 0 Å². The van der Waals surface area contributed by atoms with E-state index in [1.807, 2.05) is 49.7 Å². The van der Waals surface area contributed by atoms with E-state index in [0.29, 0.717) is 18.9 Å². The molecule has 2 aromatic rings. The van der Waals surface area contributed by atoms with Gasteiger partial charge in [-0.1, -0.05) is 50.3 Å². The molecule has 0 aliphatic heterocycles. The van der Waals surface area contributed by atoms with Gasteiger partial charge in [-0.05, 0) is 50.3 Å². The molecule has 0 saturated carbocycles. The van der Waals surface area contributed by atoms with Crippen molar-refractivity contribution in [3.05, 3.63) is 72.3 Å². The van der Waals surface area contributed by atoms with Crippen molar-refractivity contribution in [2.24, 2.45) is 5.92 Å². The number of esters is 2. The number of imidazole rings is 1. The number of nitrogens with one attached hydrogen (secondary N) is 1. The van der Waals surface area contributed by atoms with Crippen LogP contribution in [-0.2, 0) is 25.6 Å². The lowest BCUT2D eigenvalue weighted by molar-refractivity contribution is -0.157. The predicted octanol–water partition coefficient (Wildman–Crippen LogP) is 4.39. The first-order valence-electron chi connectivity index (χ1n) is 11.6. The van der Waals surface area contributed by atoms with Crippen LogP contribution in [-0.4, -0.2) is 46.3 Å². The maximum atomic E-state index is 12.4. The quantitative estimate of drug-likeness (QED) is 0.368. The lowest BCUT2D eigenvalue weighted by Gasteiger charge is -2.25. The molecule has 0 saturated heterocycles. The molecule has 1 aromatic heterocycles. The van der Waals surface area contributed by atoms with E-state index in [4.69, 9.17) is 9.47 Å². The molecule has 1 atom stereocenters. The van der Waals surface area contributed by atoms with Crippen molar-refractivity contribution in [1.29, 1.82) is 0 Å². The zero-order valence-electron chi connectivity index (χ0n) is 20.9. The fourth-order valence-corrected chi connectivity index (χ4v) is 3.16. The second kappa shape index (κ2) is 13.5. The summed E-state index contributed by atoms with van der Waals surface area (Å²) >= 11 is 0. The van der Waals surface area contributed by atoms with Gasteiger partial charge in [0.05, 0.1) is 6.33 Å². The van der Waals surface area contributed by atoms with Crippen LogP contribution in [0.5, 0.6) is 0 Å². The Hall–Kier alpha value is -3.19. The second-order valence-electron chi connectivity index (χ2n) is 9.54. The summed E-state index contributed by atoms with van der Waals surface area (Å²) in [6.45, 7) is 11.0. The fraction of sp³-hybridized carbons (Fsp3) is 0.444.